The maximum atomic E-state index is 11.0. The van der Waals surface area contributed by atoms with Crippen LogP contribution in [0.2, 0.25) is 5.02 Å². The molecule has 1 aromatic carbocycles. The molecule has 4 nitrogen and oxygen atoms in total. The van der Waals surface area contributed by atoms with Gasteiger partial charge in [-0.1, -0.05) is 11.6 Å². The molecule has 0 heterocycles. The molecule has 0 fully saturated rings. The second-order valence-electron chi connectivity index (χ2n) is 4.17. The van der Waals surface area contributed by atoms with E-state index < -0.39 is 9.84 Å². The summed E-state index contributed by atoms with van der Waals surface area (Å²) < 4.78 is 27.6. The van der Waals surface area contributed by atoms with Crippen molar-refractivity contribution in [2.75, 3.05) is 25.7 Å². The lowest BCUT2D eigenvalue weighted by atomic mass is 10.1. The zero-order valence-electron chi connectivity index (χ0n) is 10.7. The van der Waals surface area contributed by atoms with Gasteiger partial charge >= 0.3 is 0 Å². The van der Waals surface area contributed by atoms with Crippen LogP contribution >= 0.6 is 11.6 Å². The molecule has 1 unspecified atom stereocenters. The third-order valence-corrected chi connectivity index (χ3v) is 3.73. The van der Waals surface area contributed by atoms with E-state index in [0.29, 0.717) is 10.8 Å². The highest BCUT2D eigenvalue weighted by atomic mass is 35.5. The van der Waals surface area contributed by atoms with Gasteiger partial charge in [0, 0.05) is 22.9 Å². The van der Waals surface area contributed by atoms with E-state index in [1.54, 1.807) is 12.1 Å². The van der Waals surface area contributed by atoms with E-state index >= 15 is 0 Å². The molecule has 1 rings (SSSR count). The van der Waals surface area contributed by atoms with E-state index in [2.05, 4.69) is 5.32 Å². The van der Waals surface area contributed by atoms with Crippen LogP contribution in [0.5, 0.6) is 5.75 Å². The fourth-order valence-corrected chi connectivity index (χ4v) is 2.01. The minimum absolute atomic E-state index is 0.00298. The summed E-state index contributed by atoms with van der Waals surface area (Å²) >= 11 is 5.95. The van der Waals surface area contributed by atoms with Crippen molar-refractivity contribution >= 4 is 21.4 Å². The lowest BCUT2D eigenvalue weighted by Crippen LogP contribution is -2.16. The Hall–Kier alpha value is -0.780. The molecule has 0 amide bonds. The fraction of sp³-hybridized carbons (Fsp3) is 0.500. The van der Waals surface area contributed by atoms with Crippen molar-refractivity contribution in [3.63, 3.8) is 0 Å². The highest BCUT2D eigenvalue weighted by molar-refractivity contribution is 7.90. The smallest absolute Gasteiger partial charge is 0.150 e. The van der Waals surface area contributed by atoms with Gasteiger partial charge in [-0.15, -0.1) is 0 Å². The van der Waals surface area contributed by atoms with Crippen molar-refractivity contribution in [1.29, 1.82) is 0 Å². The normalized spacial score (nSPS) is 13.3. The van der Waals surface area contributed by atoms with Gasteiger partial charge in [-0.05, 0) is 32.2 Å². The molecule has 0 radical (unpaired) electrons. The summed E-state index contributed by atoms with van der Waals surface area (Å²) in [6.45, 7) is 2.12. The van der Waals surface area contributed by atoms with Gasteiger partial charge in [0.2, 0.25) is 0 Å². The molecule has 1 atom stereocenters. The molecule has 0 aromatic heterocycles. The van der Waals surface area contributed by atoms with Gasteiger partial charge in [0.15, 0.2) is 9.84 Å². The topological polar surface area (TPSA) is 55.4 Å². The third-order valence-electron chi connectivity index (χ3n) is 2.58. The predicted molar refractivity (Wildman–Crippen MR) is 74.1 cm³/mol. The summed E-state index contributed by atoms with van der Waals surface area (Å²) in [7, 11) is -1.17. The lowest BCUT2D eigenvalue weighted by Gasteiger charge is -2.16. The molecule has 0 aliphatic heterocycles. The van der Waals surface area contributed by atoms with E-state index in [4.69, 9.17) is 16.3 Å². The molecule has 1 aromatic rings. The minimum Gasteiger partial charge on any atom is -0.492 e. The molecular weight excluding hydrogens is 274 g/mol. The number of halogens is 1. The first-order valence-corrected chi connectivity index (χ1v) is 8.04. The van der Waals surface area contributed by atoms with Gasteiger partial charge in [0.25, 0.3) is 0 Å². The Morgan fingerprint density at radius 1 is 1.44 bits per heavy atom. The zero-order valence-corrected chi connectivity index (χ0v) is 12.3. The molecule has 18 heavy (non-hydrogen) atoms. The van der Waals surface area contributed by atoms with Crippen LogP contribution in [0.3, 0.4) is 0 Å². The van der Waals surface area contributed by atoms with Crippen LogP contribution in [0.4, 0.5) is 0 Å². The van der Waals surface area contributed by atoms with Gasteiger partial charge < -0.3 is 10.1 Å². The van der Waals surface area contributed by atoms with Gasteiger partial charge in [-0.3, -0.25) is 0 Å². The Labute approximate surface area is 113 Å². The highest BCUT2D eigenvalue weighted by Crippen LogP contribution is 2.28. The number of ether oxygens (including phenoxy) is 1. The van der Waals surface area contributed by atoms with E-state index in [1.807, 2.05) is 20.0 Å². The van der Waals surface area contributed by atoms with E-state index in [-0.39, 0.29) is 18.4 Å². The average Bonchev–Trinajstić information content (AvgIpc) is 2.28. The van der Waals surface area contributed by atoms with Crippen LogP contribution in [0.15, 0.2) is 18.2 Å². The lowest BCUT2D eigenvalue weighted by molar-refractivity contribution is 0.334. The number of rotatable bonds is 6. The van der Waals surface area contributed by atoms with Crippen LogP contribution < -0.4 is 10.1 Å². The maximum absolute atomic E-state index is 11.0. The number of nitrogens with one attached hydrogen (secondary N) is 1. The SMILES string of the molecule is CNC(C)c1cc(Cl)ccc1OCCS(C)(=O)=O. The Morgan fingerprint density at radius 3 is 2.67 bits per heavy atom. The van der Waals surface area contributed by atoms with Crippen molar-refractivity contribution < 1.29 is 13.2 Å². The van der Waals surface area contributed by atoms with Gasteiger partial charge in [0.05, 0.1) is 5.75 Å². The predicted octanol–water partition coefficient (Wildman–Crippen LogP) is 2.04. The Balaban J connectivity index is 2.81. The minimum atomic E-state index is -3.01. The van der Waals surface area contributed by atoms with Crippen LogP contribution in [0.25, 0.3) is 0 Å². The quantitative estimate of drug-likeness (QED) is 0.871. The van der Waals surface area contributed by atoms with E-state index in [9.17, 15) is 8.42 Å². The first-order valence-electron chi connectivity index (χ1n) is 5.60. The molecular formula is C12H18ClNO3S. The van der Waals surface area contributed by atoms with Gasteiger partial charge in [-0.2, -0.15) is 0 Å². The van der Waals surface area contributed by atoms with Crippen LogP contribution in [0, 0.1) is 0 Å². The Morgan fingerprint density at radius 2 is 2.11 bits per heavy atom. The summed E-state index contributed by atoms with van der Waals surface area (Å²) in [5, 5.41) is 3.73. The van der Waals surface area contributed by atoms with Crippen LogP contribution in [-0.2, 0) is 9.84 Å². The van der Waals surface area contributed by atoms with Crippen molar-refractivity contribution in [3.05, 3.63) is 28.8 Å². The second kappa shape index (κ2) is 6.41. The molecule has 0 spiro atoms. The number of hydrogen-bond acceptors (Lipinski definition) is 4. The summed E-state index contributed by atoms with van der Waals surface area (Å²) in [5.74, 6) is 0.660. The van der Waals surface area contributed by atoms with Crippen molar-refractivity contribution in [3.8, 4) is 5.75 Å². The number of hydrogen-bond donors (Lipinski definition) is 1. The summed E-state index contributed by atoms with van der Waals surface area (Å²) in [4.78, 5) is 0. The monoisotopic (exact) mass is 291 g/mol. The second-order valence-corrected chi connectivity index (χ2v) is 6.87. The van der Waals surface area contributed by atoms with Gasteiger partial charge in [-0.25, -0.2) is 8.42 Å². The Bertz CT molecular complexity index is 502. The molecule has 0 bridgehead atoms. The largest absolute Gasteiger partial charge is 0.492 e. The molecule has 6 heteroatoms. The molecule has 0 saturated heterocycles. The van der Waals surface area contributed by atoms with Crippen molar-refractivity contribution in [1.82, 2.24) is 5.32 Å². The summed E-state index contributed by atoms with van der Waals surface area (Å²) in [5.41, 5.74) is 0.915. The van der Waals surface area contributed by atoms with Crippen LogP contribution in [-0.4, -0.2) is 34.1 Å². The first-order chi connectivity index (χ1) is 8.33. The number of benzene rings is 1. The molecule has 102 valence electrons. The Kier molecular flexibility index (Phi) is 5.44. The maximum Gasteiger partial charge on any atom is 0.150 e. The molecule has 0 saturated carbocycles. The average molecular weight is 292 g/mol. The fourth-order valence-electron chi connectivity index (χ4n) is 1.45. The van der Waals surface area contributed by atoms with E-state index in [1.165, 1.54) is 6.26 Å². The third kappa shape index (κ3) is 4.84. The highest BCUT2D eigenvalue weighted by Gasteiger charge is 2.11. The van der Waals surface area contributed by atoms with Crippen LogP contribution in [0.1, 0.15) is 18.5 Å². The molecule has 0 aliphatic rings. The molecule has 0 aliphatic carbocycles. The van der Waals surface area contributed by atoms with Gasteiger partial charge in [0.1, 0.15) is 12.4 Å². The van der Waals surface area contributed by atoms with E-state index in [0.717, 1.165) is 5.56 Å². The van der Waals surface area contributed by atoms with Crippen molar-refractivity contribution in [2.24, 2.45) is 0 Å². The summed E-state index contributed by atoms with van der Waals surface area (Å²) in [6.07, 6.45) is 1.19. The van der Waals surface area contributed by atoms with Crippen molar-refractivity contribution in [2.45, 2.75) is 13.0 Å². The zero-order chi connectivity index (χ0) is 13.8. The number of sulfone groups is 1. The first kappa shape index (κ1) is 15.3. The standard InChI is InChI=1S/C12H18ClNO3S/c1-9(14-2)11-8-10(13)4-5-12(11)17-6-7-18(3,15)16/h4-5,8-9,14H,6-7H2,1-3H3. The summed E-state index contributed by atoms with van der Waals surface area (Å²) in [6, 6.07) is 5.38. The molecule has 1 N–H and O–H groups in total.